The van der Waals surface area contributed by atoms with Gasteiger partial charge >= 0.3 is 0 Å². The first-order valence-corrected chi connectivity index (χ1v) is 8.18. The quantitative estimate of drug-likeness (QED) is 0.858. The lowest BCUT2D eigenvalue weighted by Crippen LogP contribution is -1.99. The predicted octanol–water partition coefficient (Wildman–Crippen LogP) is 4.36. The Kier molecular flexibility index (Phi) is 4.31. The van der Waals surface area contributed by atoms with Gasteiger partial charge in [0.15, 0.2) is 0 Å². The van der Waals surface area contributed by atoms with Gasteiger partial charge in [0, 0.05) is 15.8 Å². The molecule has 0 unspecified atom stereocenters. The van der Waals surface area contributed by atoms with E-state index in [0.717, 1.165) is 29.0 Å². The summed E-state index contributed by atoms with van der Waals surface area (Å²) in [6, 6.07) is 8.79. The van der Waals surface area contributed by atoms with Gasteiger partial charge in [-0.2, -0.15) is 0 Å². The van der Waals surface area contributed by atoms with Crippen molar-refractivity contribution in [3.63, 3.8) is 0 Å². The van der Waals surface area contributed by atoms with Gasteiger partial charge in [0.1, 0.15) is 5.82 Å². The van der Waals surface area contributed by atoms with Crippen molar-refractivity contribution in [3.05, 3.63) is 42.0 Å². The zero-order chi connectivity index (χ0) is 13.8. The van der Waals surface area contributed by atoms with Gasteiger partial charge in [-0.1, -0.05) is 12.8 Å². The van der Waals surface area contributed by atoms with Crippen LogP contribution in [0.5, 0.6) is 0 Å². The number of aromatic amines is 1. The van der Waals surface area contributed by atoms with Crippen LogP contribution in [-0.4, -0.2) is 15.2 Å². The van der Waals surface area contributed by atoms with Gasteiger partial charge in [0.2, 0.25) is 0 Å². The Hall–Kier alpha value is -1.42. The molecule has 1 saturated carbocycles. The number of imidazole rings is 1. The second-order valence-electron chi connectivity index (χ2n) is 5.40. The molecule has 3 rings (SSSR count). The lowest BCUT2D eigenvalue weighted by atomic mass is 10.3. The van der Waals surface area contributed by atoms with Gasteiger partial charge in [-0.05, 0) is 44.0 Å². The van der Waals surface area contributed by atoms with Crippen LogP contribution in [0.3, 0.4) is 0 Å². The van der Waals surface area contributed by atoms with Crippen LogP contribution in [-0.2, 0) is 6.54 Å². The maximum atomic E-state index is 4.20. The van der Waals surface area contributed by atoms with Gasteiger partial charge in [0.05, 0.1) is 18.4 Å². The first kappa shape index (κ1) is 13.6. The van der Waals surface area contributed by atoms with E-state index in [2.05, 4.69) is 39.6 Å². The molecule has 0 radical (unpaired) electrons. The van der Waals surface area contributed by atoms with Gasteiger partial charge in [-0.25, -0.2) is 4.98 Å². The molecule has 1 aliphatic carbocycles. The number of hydrogen-bond acceptors (Lipinski definition) is 3. The minimum Gasteiger partial charge on any atom is -0.379 e. The molecule has 1 aromatic heterocycles. The summed E-state index contributed by atoms with van der Waals surface area (Å²) in [5.41, 5.74) is 2.28. The van der Waals surface area contributed by atoms with Crippen LogP contribution >= 0.6 is 11.8 Å². The summed E-state index contributed by atoms with van der Waals surface area (Å²) in [6.45, 7) is 2.76. The third kappa shape index (κ3) is 3.57. The highest BCUT2D eigenvalue weighted by molar-refractivity contribution is 8.00. The summed E-state index contributed by atoms with van der Waals surface area (Å²) in [6.07, 6.45) is 7.45. The smallest absolute Gasteiger partial charge is 0.103 e. The number of H-pyrrole nitrogens is 1. The number of nitrogens with one attached hydrogen (secondary N) is 2. The molecular weight excluding hydrogens is 266 g/mol. The van der Waals surface area contributed by atoms with Crippen LogP contribution in [0.4, 0.5) is 5.69 Å². The average molecular weight is 287 g/mol. The molecule has 3 nitrogen and oxygen atoms in total. The molecule has 20 heavy (non-hydrogen) atoms. The Morgan fingerprint density at radius 1 is 1.25 bits per heavy atom. The number of rotatable bonds is 5. The summed E-state index contributed by atoms with van der Waals surface area (Å²) in [4.78, 5) is 8.82. The second-order valence-corrected chi connectivity index (χ2v) is 6.77. The van der Waals surface area contributed by atoms with E-state index in [1.54, 1.807) is 0 Å². The van der Waals surface area contributed by atoms with E-state index in [-0.39, 0.29) is 0 Å². The van der Waals surface area contributed by atoms with Crippen molar-refractivity contribution in [2.24, 2.45) is 0 Å². The SMILES string of the molecule is Cc1ncc(CNc2ccc(SC3CCCC3)cc2)[nH]1. The number of aryl methyl sites for hydroxylation is 1. The molecule has 1 aromatic carbocycles. The fourth-order valence-corrected chi connectivity index (χ4v) is 3.86. The average Bonchev–Trinajstić information content (AvgIpc) is 3.10. The molecule has 106 valence electrons. The lowest BCUT2D eigenvalue weighted by molar-refractivity contribution is 0.886. The number of benzene rings is 1. The fraction of sp³-hybridized carbons (Fsp3) is 0.438. The Morgan fingerprint density at radius 2 is 2.00 bits per heavy atom. The van der Waals surface area contributed by atoms with Crippen molar-refractivity contribution in [2.45, 2.75) is 49.3 Å². The number of anilines is 1. The van der Waals surface area contributed by atoms with Crippen LogP contribution < -0.4 is 5.32 Å². The molecule has 2 N–H and O–H groups in total. The van der Waals surface area contributed by atoms with E-state index < -0.39 is 0 Å². The van der Waals surface area contributed by atoms with Crippen LogP contribution in [0.25, 0.3) is 0 Å². The molecule has 1 heterocycles. The van der Waals surface area contributed by atoms with Gasteiger partial charge < -0.3 is 10.3 Å². The molecule has 4 heteroatoms. The number of thioether (sulfide) groups is 1. The molecule has 0 saturated heterocycles. The largest absolute Gasteiger partial charge is 0.379 e. The molecule has 0 aliphatic heterocycles. The third-order valence-corrected chi connectivity index (χ3v) is 5.05. The van der Waals surface area contributed by atoms with E-state index in [9.17, 15) is 0 Å². The van der Waals surface area contributed by atoms with Crippen LogP contribution in [0, 0.1) is 6.92 Å². The highest BCUT2D eigenvalue weighted by Crippen LogP contribution is 2.34. The molecule has 0 amide bonds. The van der Waals surface area contributed by atoms with E-state index in [0.29, 0.717) is 0 Å². The van der Waals surface area contributed by atoms with Crippen molar-refractivity contribution >= 4 is 17.4 Å². The van der Waals surface area contributed by atoms with Crippen LogP contribution in [0.15, 0.2) is 35.4 Å². The summed E-state index contributed by atoms with van der Waals surface area (Å²) < 4.78 is 0. The topological polar surface area (TPSA) is 40.7 Å². The van der Waals surface area contributed by atoms with Crippen LogP contribution in [0.2, 0.25) is 0 Å². The van der Waals surface area contributed by atoms with Crippen molar-refractivity contribution in [1.29, 1.82) is 0 Å². The Balaban J connectivity index is 1.52. The van der Waals surface area contributed by atoms with Gasteiger partial charge in [-0.15, -0.1) is 11.8 Å². The Morgan fingerprint density at radius 3 is 2.65 bits per heavy atom. The molecule has 0 atom stereocenters. The molecule has 2 aromatic rings. The predicted molar refractivity (Wildman–Crippen MR) is 85.2 cm³/mol. The molecule has 1 aliphatic rings. The highest BCUT2D eigenvalue weighted by atomic mass is 32.2. The van der Waals surface area contributed by atoms with Crippen molar-refractivity contribution in [3.8, 4) is 0 Å². The summed E-state index contributed by atoms with van der Waals surface area (Å²) >= 11 is 2.03. The minimum absolute atomic E-state index is 0.788. The molecule has 0 spiro atoms. The Labute approximate surface area is 124 Å². The first-order valence-electron chi connectivity index (χ1n) is 7.31. The van der Waals surface area contributed by atoms with E-state index in [1.165, 1.54) is 30.6 Å². The summed E-state index contributed by atoms with van der Waals surface area (Å²) in [5.74, 6) is 0.963. The molecule has 0 bridgehead atoms. The maximum Gasteiger partial charge on any atom is 0.103 e. The fourth-order valence-electron chi connectivity index (χ4n) is 2.61. The lowest BCUT2D eigenvalue weighted by Gasteiger charge is -2.10. The molecular formula is C16H21N3S. The van der Waals surface area contributed by atoms with E-state index >= 15 is 0 Å². The van der Waals surface area contributed by atoms with E-state index in [4.69, 9.17) is 0 Å². The standard InChI is InChI=1S/C16H21N3S/c1-12-17-10-14(19-12)11-18-13-6-8-16(9-7-13)20-15-4-2-3-5-15/h6-10,15,18H,2-5,11H2,1H3,(H,17,19). The number of aromatic nitrogens is 2. The minimum atomic E-state index is 0.788. The molecule has 1 fully saturated rings. The summed E-state index contributed by atoms with van der Waals surface area (Å²) in [7, 11) is 0. The van der Waals surface area contributed by atoms with Crippen LogP contribution in [0.1, 0.15) is 37.2 Å². The zero-order valence-electron chi connectivity index (χ0n) is 11.9. The highest BCUT2D eigenvalue weighted by Gasteiger charge is 2.15. The first-order chi connectivity index (χ1) is 9.79. The maximum absolute atomic E-state index is 4.20. The number of nitrogens with zero attached hydrogens (tertiary/aromatic N) is 1. The Bertz CT molecular complexity index is 541. The normalized spacial score (nSPS) is 15.7. The van der Waals surface area contributed by atoms with Gasteiger partial charge in [-0.3, -0.25) is 0 Å². The third-order valence-electron chi connectivity index (χ3n) is 3.70. The monoisotopic (exact) mass is 287 g/mol. The second kappa shape index (κ2) is 6.35. The zero-order valence-corrected chi connectivity index (χ0v) is 12.7. The van der Waals surface area contributed by atoms with E-state index in [1.807, 2.05) is 24.9 Å². The summed E-state index contributed by atoms with van der Waals surface area (Å²) in [5, 5.41) is 4.25. The number of hydrogen-bond donors (Lipinski definition) is 2. The van der Waals surface area contributed by atoms with Crippen molar-refractivity contribution in [2.75, 3.05) is 5.32 Å². The van der Waals surface area contributed by atoms with Crippen molar-refractivity contribution in [1.82, 2.24) is 9.97 Å². The van der Waals surface area contributed by atoms with Gasteiger partial charge in [0.25, 0.3) is 0 Å². The van der Waals surface area contributed by atoms with Crippen molar-refractivity contribution < 1.29 is 0 Å².